The summed E-state index contributed by atoms with van der Waals surface area (Å²) < 4.78 is 1.97. The maximum atomic E-state index is 12.1. The number of aromatic nitrogens is 1. The van der Waals surface area contributed by atoms with E-state index >= 15 is 0 Å². The molecule has 1 amide bonds. The number of carbonyl (C=O) groups excluding carboxylic acids is 1. The van der Waals surface area contributed by atoms with Crippen molar-refractivity contribution in [2.24, 2.45) is 0 Å². The van der Waals surface area contributed by atoms with Gasteiger partial charge >= 0.3 is 0 Å². The number of carbonyl (C=O) groups is 1. The van der Waals surface area contributed by atoms with Gasteiger partial charge in [0.25, 0.3) is 0 Å². The summed E-state index contributed by atoms with van der Waals surface area (Å²) in [5.74, 6) is 0.148. The van der Waals surface area contributed by atoms with Gasteiger partial charge in [0, 0.05) is 35.9 Å². The number of likely N-dealkylation sites (N-methyl/N-ethyl adjacent to an activating group) is 1. The summed E-state index contributed by atoms with van der Waals surface area (Å²) >= 11 is 0. The van der Waals surface area contributed by atoms with Crippen LogP contribution in [0.2, 0.25) is 0 Å². The Morgan fingerprint density at radius 1 is 1.28 bits per heavy atom. The maximum absolute atomic E-state index is 12.1. The molecule has 18 heavy (non-hydrogen) atoms. The number of nitrogens with zero attached hydrogens (tertiary/aromatic N) is 2. The van der Waals surface area contributed by atoms with Gasteiger partial charge in [0.2, 0.25) is 5.91 Å². The number of hydrogen-bond acceptors (Lipinski definition) is 2. The predicted octanol–water partition coefficient (Wildman–Crippen LogP) is 2.09. The molecular weight excluding hydrogens is 226 g/mol. The van der Waals surface area contributed by atoms with Crippen molar-refractivity contribution in [3.05, 3.63) is 30.5 Å². The molecule has 0 atom stereocenters. The minimum absolute atomic E-state index is 0.148. The Bertz CT molecular complexity index is 555. The van der Waals surface area contributed by atoms with Crippen LogP contribution in [0.15, 0.2) is 30.5 Å². The fourth-order valence-corrected chi connectivity index (χ4v) is 2.18. The SMILES string of the molecule is CCN(CC)C(=O)Cn1ccc2cc(N)ccc21. The first kappa shape index (κ1) is 12.5. The molecule has 0 unspecified atom stereocenters. The number of hydrogen-bond donors (Lipinski definition) is 1. The van der Waals surface area contributed by atoms with E-state index in [2.05, 4.69) is 0 Å². The van der Waals surface area contributed by atoms with Crippen molar-refractivity contribution in [1.82, 2.24) is 9.47 Å². The van der Waals surface area contributed by atoms with Crippen LogP contribution in [0, 0.1) is 0 Å². The lowest BCUT2D eigenvalue weighted by atomic mass is 10.2. The molecule has 4 nitrogen and oxygen atoms in total. The molecule has 0 aliphatic rings. The third kappa shape index (κ3) is 2.32. The first-order chi connectivity index (χ1) is 8.65. The molecule has 4 heteroatoms. The van der Waals surface area contributed by atoms with Crippen molar-refractivity contribution < 1.29 is 4.79 Å². The summed E-state index contributed by atoms with van der Waals surface area (Å²) in [7, 11) is 0. The second-order valence-corrected chi connectivity index (χ2v) is 4.33. The van der Waals surface area contributed by atoms with Crippen molar-refractivity contribution in [2.45, 2.75) is 20.4 Å². The number of rotatable bonds is 4. The van der Waals surface area contributed by atoms with E-state index < -0.39 is 0 Å². The van der Waals surface area contributed by atoms with E-state index in [0.717, 1.165) is 29.7 Å². The zero-order valence-corrected chi connectivity index (χ0v) is 10.9. The zero-order chi connectivity index (χ0) is 13.1. The Balaban J connectivity index is 2.24. The molecule has 0 radical (unpaired) electrons. The molecule has 1 heterocycles. The van der Waals surface area contributed by atoms with Crippen molar-refractivity contribution >= 4 is 22.5 Å². The van der Waals surface area contributed by atoms with Gasteiger partial charge in [-0.3, -0.25) is 4.79 Å². The fraction of sp³-hybridized carbons (Fsp3) is 0.357. The zero-order valence-electron chi connectivity index (χ0n) is 10.9. The van der Waals surface area contributed by atoms with Gasteiger partial charge in [-0.1, -0.05) is 0 Å². The predicted molar refractivity (Wildman–Crippen MR) is 74.3 cm³/mol. The molecule has 0 aliphatic carbocycles. The molecular formula is C14H19N3O. The minimum Gasteiger partial charge on any atom is -0.399 e. The molecule has 0 aliphatic heterocycles. The molecule has 2 aromatic rings. The molecule has 0 saturated carbocycles. The molecule has 1 aromatic heterocycles. The van der Waals surface area contributed by atoms with E-state index in [1.54, 1.807) is 0 Å². The summed E-state index contributed by atoms with van der Waals surface area (Å²) in [5, 5.41) is 1.07. The van der Waals surface area contributed by atoms with Gasteiger partial charge in [-0.15, -0.1) is 0 Å². The van der Waals surface area contributed by atoms with Crippen molar-refractivity contribution in [2.75, 3.05) is 18.8 Å². The van der Waals surface area contributed by atoms with Gasteiger partial charge in [-0.05, 0) is 38.1 Å². The van der Waals surface area contributed by atoms with Crippen LogP contribution in [-0.2, 0) is 11.3 Å². The van der Waals surface area contributed by atoms with E-state index in [1.165, 1.54) is 0 Å². The van der Waals surface area contributed by atoms with Gasteiger partial charge in [-0.25, -0.2) is 0 Å². The highest BCUT2D eigenvalue weighted by atomic mass is 16.2. The monoisotopic (exact) mass is 245 g/mol. The maximum Gasteiger partial charge on any atom is 0.242 e. The standard InChI is InChI=1S/C14H19N3O/c1-3-16(4-2)14(18)10-17-8-7-11-9-12(15)5-6-13(11)17/h5-9H,3-4,10,15H2,1-2H3. The second kappa shape index (κ2) is 5.12. The largest absolute Gasteiger partial charge is 0.399 e. The highest BCUT2D eigenvalue weighted by Crippen LogP contribution is 2.18. The van der Waals surface area contributed by atoms with Crippen LogP contribution in [0.5, 0.6) is 0 Å². The quantitative estimate of drug-likeness (QED) is 0.839. The summed E-state index contributed by atoms with van der Waals surface area (Å²) in [6.07, 6.45) is 1.94. The van der Waals surface area contributed by atoms with Crippen LogP contribution in [-0.4, -0.2) is 28.5 Å². The number of amides is 1. The molecule has 96 valence electrons. The Labute approximate surface area is 107 Å². The van der Waals surface area contributed by atoms with Crippen molar-refractivity contribution in [3.63, 3.8) is 0 Å². The molecule has 0 fully saturated rings. The molecule has 0 spiro atoms. The first-order valence-corrected chi connectivity index (χ1v) is 6.27. The van der Waals surface area contributed by atoms with E-state index in [-0.39, 0.29) is 5.91 Å². The number of nitrogens with two attached hydrogens (primary N) is 1. The van der Waals surface area contributed by atoms with Crippen LogP contribution in [0.3, 0.4) is 0 Å². The van der Waals surface area contributed by atoms with E-state index in [9.17, 15) is 4.79 Å². The molecule has 1 aromatic carbocycles. The summed E-state index contributed by atoms with van der Waals surface area (Å²) in [5.41, 5.74) is 7.53. The van der Waals surface area contributed by atoms with E-state index in [1.807, 2.05) is 53.8 Å². The van der Waals surface area contributed by atoms with Gasteiger partial charge < -0.3 is 15.2 Å². The lowest BCUT2D eigenvalue weighted by molar-refractivity contribution is -0.131. The summed E-state index contributed by atoms with van der Waals surface area (Å²) in [6, 6.07) is 7.73. The summed E-state index contributed by atoms with van der Waals surface area (Å²) in [6.45, 7) is 5.88. The third-order valence-electron chi connectivity index (χ3n) is 3.22. The third-order valence-corrected chi connectivity index (χ3v) is 3.22. The second-order valence-electron chi connectivity index (χ2n) is 4.33. The van der Waals surface area contributed by atoms with Crippen molar-refractivity contribution in [3.8, 4) is 0 Å². The van der Waals surface area contributed by atoms with Crippen LogP contribution in [0.4, 0.5) is 5.69 Å². The fourth-order valence-electron chi connectivity index (χ4n) is 2.18. The van der Waals surface area contributed by atoms with E-state index in [0.29, 0.717) is 6.54 Å². The average molecular weight is 245 g/mol. The molecule has 0 bridgehead atoms. The minimum atomic E-state index is 0.148. The molecule has 0 saturated heterocycles. The van der Waals surface area contributed by atoms with E-state index in [4.69, 9.17) is 5.73 Å². The lowest BCUT2D eigenvalue weighted by Crippen LogP contribution is -2.33. The van der Waals surface area contributed by atoms with Crippen LogP contribution in [0.1, 0.15) is 13.8 Å². The number of benzene rings is 1. The van der Waals surface area contributed by atoms with Crippen LogP contribution in [0.25, 0.3) is 10.9 Å². The Kier molecular flexibility index (Phi) is 3.55. The van der Waals surface area contributed by atoms with Gasteiger partial charge in [-0.2, -0.15) is 0 Å². The Hall–Kier alpha value is -1.97. The Morgan fingerprint density at radius 3 is 2.67 bits per heavy atom. The topological polar surface area (TPSA) is 51.3 Å². The first-order valence-electron chi connectivity index (χ1n) is 6.27. The number of anilines is 1. The van der Waals surface area contributed by atoms with Gasteiger partial charge in [0.05, 0.1) is 0 Å². The highest BCUT2D eigenvalue weighted by Gasteiger charge is 2.11. The summed E-state index contributed by atoms with van der Waals surface area (Å²) in [4.78, 5) is 13.9. The van der Waals surface area contributed by atoms with Crippen LogP contribution >= 0.6 is 0 Å². The Morgan fingerprint density at radius 2 is 2.00 bits per heavy atom. The van der Waals surface area contributed by atoms with Gasteiger partial charge in [0.1, 0.15) is 6.54 Å². The van der Waals surface area contributed by atoms with Crippen molar-refractivity contribution in [1.29, 1.82) is 0 Å². The highest BCUT2D eigenvalue weighted by molar-refractivity contribution is 5.85. The number of fused-ring (bicyclic) bond motifs is 1. The molecule has 2 rings (SSSR count). The smallest absolute Gasteiger partial charge is 0.242 e. The lowest BCUT2D eigenvalue weighted by Gasteiger charge is -2.19. The van der Waals surface area contributed by atoms with Gasteiger partial charge in [0.15, 0.2) is 0 Å². The molecule has 2 N–H and O–H groups in total. The number of nitrogen functional groups attached to an aromatic ring is 1. The average Bonchev–Trinajstić information content (AvgIpc) is 2.73. The normalized spacial score (nSPS) is 10.8. The van der Waals surface area contributed by atoms with Crippen LogP contribution < -0.4 is 5.73 Å².